The number of amides is 1. The van der Waals surface area contributed by atoms with Crippen LogP contribution in [0.15, 0.2) is 75.1 Å². The number of phenolic OH excluding ortho intramolecular Hbond substituents is 1. The van der Waals surface area contributed by atoms with Crippen molar-refractivity contribution in [3.05, 3.63) is 81.8 Å². The Labute approximate surface area is 207 Å². The van der Waals surface area contributed by atoms with Crippen LogP contribution in [0.3, 0.4) is 0 Å². The number of nitrogens with one attached hydrogen (secondary N) is 1. The van der Waals surface area contributed by atoms with Crippen molar-refractivity contribution in [3.8, 4) is 11.5 Å². The zero-order valence-corrected chi connectivity index (χ0v) is 21.2. The van der Waals surface area contributed by atoms with E-state index < -0.39 is 22.5 Å². The highest BCUT2D eigenvalue weighted by atomic mass is 79.9. The minimum atomic E-state index is -4.01. The van der Waals surface area contributed by atoms with E-state index in [4.69, 9.17) is 4.74 Å². The number of hydrogen-bond donors (Lipinski definition) is 2. The van der Waals surface area contributed by atoms with Crippen LogP contribution < -0.4 is 14.5 Å². The third-order valence-corrected chi connectivity index (χ3v) is 7.29. The van der Waals surface area contributed by atoms with Gasteiger partial charge in [0.2, 0.25) is 0 Å². The van der Waals surface area contributed by atoms with Crippen molar-refractivity contribution in [2.24, 2.45) is 5.10 Å². The third kappa shape index (κ3) is 5.75. The third-order valence-electron chi connectivity index (χ3n) is 4.91. The molecule has 0 heterocycles. The first-order chi connectivity index (χ1) is 16.1. The average molecular weight is 546 g/mol. The van der Waals surface area contributed by atoms with Crippen molar-refractivity contribution in [1.29, 1.82) is 0 Å². The summed E-state index contributed by atoms with van der Waals surface area (Å²) in [6, 6.07) is 16.4. The quantitative estimate of drug-likeness (QED) is 0.327. The molecule has 0 aromatic heterocycles. The molecule has 0 saturated carbocycles. The van der Waals surface area contributed by atoms with Crippen LogP contribution in [-0.2, 0) is 14.8 Å². The van der Waals surface area contributed by atoms with Crippen molar-refractivity contribution in [2.75, 3.05) is 18.0 Å². The monoisotopic (exact) mass is 545 g/mol. The molecule has 0 unspecified atom stereocenters. The van der Waals surface area contributed by atoms with Gasteiger partial charge in [0.15, 0.2) is 11.5 Å². The highest BCUT2D eigenvalue weighted by molar-refractivity contribution is 9.10. The number of nitrogens with zero attached hydrogens (tertiary/aromatic N) is 2. The number of methoxy groups -OCH3 is 1. The summed E-state index contributed by atoms with van der Waals surface area (Å²) in [5.41, 5.74) is 5.01. The van der Waals surface area contributed by atoms with Gasteiger partial charge in [-0.25, -0.2) is 13.8 Å². The summed E-state index contributed by atoms with van der Waals surface area (Å²) in [6.45, 7) is 3.23. The number of hydrazone groups is 1. The van der Waals surface area contributed by atoms with E-state index >= 15 is 0 Å². The average Bonchev–Trinajstić information content (AvgIpc) is 2.80. The number of anilines is 1. The molecule has 1 amide bonds. The maximum Gasteiger partial charge on any atom is 0.264 e. The number of rotatable bonds is 8. The summed E-state index contributed by atoms with van der Waals surface area (Å²) in [6.07, 6.45) is 1.36. The SMILES string of the molecule is COc1cc(/C=N\NC(=O)CN(c2ccc(C)cc2C)S(=O)(=O)c2ccccc2)cc(Br)c1O. The van der Waals surface area contributed by atoms with Crippen LogP contribution in [0.4, 0.5) is 5.69 Å². The fourth-order valence-electron chi connectivity index (χ4n) is 3.27. The summed E-state index contributed by atoms with van der Waals surface area (Å²) >= 11 is 3.22. The summed E-state index contributed by atoms with van der Waals surface area (Å²) in [4.78, 5) is 12.8. The maximum atomic E-state index is 13.4. The molecule has 0 bridgehead atoms. The Morgan fingerprint density at radius 2 is 1.85 bits per heavy atom. The Morgan fingerprint density at radius 3 is 2.50 bits per heavy atom. The molecule has 0 aliphatic rings. The number of halogens is 1. The van der Waals surface area contributed by atoms with Gasteiger partial charge < -0.3 is 9.84 Å². The van der Waals surface area contributed by atoms with E-state index in [0.29, 0.717) is 15.7 Å². The number of aryl methyl sites for hydroxylation is 2. The number of phenols is 1. The van der Waals surface area contributed by atoms with Gasteiger partial charge in [0.1, 0.15) is 6.54 Å². The zero-order valence-electron chi connectivity index (χ0n) is 18.8. The summed E-state index contributed by atoms with van der Waals surface area (Å²) in [5.74, 6) is -0.448. The van der Waals surface area contributed by atoms with Crippen LogP contribution in [0.5, 0.6) is 11.5 Å². The molecular formula is C24H24BrN3O5S. The number of benzene rings is 3. The Hall–Kier alpha value is -3.37. The van der Waals surface area contributed by atoms with E-state index in [1.807, 2.05) is 13.0 Å². The van der Waals surface area contributed by atoms with Crippen LogP contribution in [0, 0.1) is 13.8 Å². The van der Waals surface area contributed by atoms with Crippen LogP contribution in [0.25, 0.3) is 0 Å². The van der Waals surface area contributed by atoms with Gasteiger partial charge in [-0.05, 0) is 71.2 Å². The maximum absolute atomic E-state index is 13.4. The lowest BCUT2D eigenvalue weighted by atomic mass is 10.1. The molecule has 0 saturated heterocycles. The van der Waals surface area contributed by atoms with Gasteiger partial charge in [-0.2, -0.15) is 5.10 Å². The Bertz CT molecular complexity index is 1330. The molecule has 178 valence electrons. The zero-order chi connectivity index (χ0) is 24.9. The molecule has 0 radical (unpaired) electrons. The van der Waals surface area contributed by atoms with Gasteiger partial charge in [0.25, 0.3) is 15.9 Å². The van der Waals surface area contributed by atoms with E-state index in [1.54, 1.807) is 43.3 Å². The van der Waals surface area contributed by atoms with Crippen molar-refractivity contribution in [3.63, 3.8) is 0 Å². The normalized spacial score (nSPS) is 11.4. The predicted molar refractivity (Wildman–Crippen MR) is 135 cm³/mol. The summed E-state index contributed by atoms with van der Waals surface area (Å²) in [7, 11) is -2.60. The smallest absolute Gasteiger partial charge is 0.264 e. The highest BCUT2D eigenvalue weighted by Gasteiger charge is 2.28. The van der Waals surface area contributed by atoms with Crippen molar-refractivity contribution < 1.29 is 23.1 Å². The molecule has 8 nitrogen and oxygen atoms in total. The summed E-state index contributed by atoms with van der Waals surface area (Å²) in [5, 5.41) is 13.8. The number of aromatic hydroxyl groups is 1. The molecule has 0 fully saturated rings. The van der Waals surface area contributed by atoms with Crippen LogP contribution in [0.2, 0.25) is 0 Å². The summed E-state index contributed by atoms with van der Waals surface area (Å²) < 4.78 is 33.4. The second kappa shape index (κ2) is 10.7. The number of ether oxygens (including phenoxy) is 1. The molecule has 0 spiro atoms. The predicted octanol–water partition coefficient (Wildman–Crippen LogP) is 4.13. The molecule has 3 aromatic rings. The Balaban J connectivity index is 1.86. The first kappa shape index (κ1) is 25.3. The second-order valence-corrected chi connectivity index (χ2v) is 10.2. The standard InChI is InChI=1S/C24H24BrN3O5S/c1-16-9-10-21(17(2)11-16)28(34(31,32)19-7-5-4-6-8-19)15-23(29)27-26-14-18-12-20(25)24(30)22(13-18)33-3/h4-14,30H,15H2,1-3H3,(H,27,29)/b26-14-. The molecule has 3 aromatic carbocycles. The number of sulfonamides is 1. The van der Waals surface area contributed by atoms with E-state index in [-0.39, 0.29) is 16.4 Å². The van der Waals surface area contributed by atoms with E-state index in [2.05, 4.69) is 26.5 Å². The van der Waals surface area contributed by atoms with E-state index in [0.717, 1.165) is 15.4 Å². The number of carbonyl (C=O) groups is 1. The lowest BCUT2D eigenvalue weighted by Gasteiger charge is -2.25. The van der Waals surface area contributed by atoms with E-state index in [1.165, 1.54) is 31.5 Å². The van der Waals surface area contributed by atoms with Crippen molar-refractivity contribution >= 4 is 43.8 Å². The molecular weight excluding hydrogens is 522 g/mol. The Kier molecular flexibility index (Phi) is 7.95. The van der Waals surface area contributed by atoms with Crippen molar-refractivity contribution in [2.45, 2.75) is 18.7 Å². The first-order valence-electron chi connectivity index (χ1n) is 10.2. The largest absolute Gasteiger partial charge is 0.503 e. The van der Waals surface area contributed by atoms with Gasteiger partial charge in [-0.3, -0.25) is 9.10 Å². The van der Waals surface area contributed by atoms with Crippen LogP contribution in [-0.4, -0.2) is 39.3 Å². The van der Waals surface area contributed by atoms with Crippen LogP contribution >= 0.6 is 15.9 Å². The number of carbonyl (C=O) groups excluding carboxylic acids is 1. The number of hydrogen-bond acceptors (Lipinski definition) is 6. The second-order valence-electron chi connectivity index (χ2n) is 7.46. The minimum Gasteiger partial charge on any atom is -0.503 e. The van der Waals surface area contributed by atoms with Gasteiger partial charge in [0.05, 0.1) is 28.4 Å². The van der Waals surface area contributed by atoms with Gasteiger partial charge in [-0.15, -0.1) is 0 Å². The van der Waals surface area contributed by atoms with Crippen molar-refractivity contribution in [1.82, 2.24) is 5.43 Å². The van der Waals surface area contributed by atoms with Gasteiger partial charge in [-0.1, -0.05) is 35.9 Å². The lowest BCUT2D eigenvalue weighted by molar-refractivity contribution is -0.119. The fourth-order valence-corrected chi connectivity index (χ4v) is 5.24. The lowest BCUT2D eigenvalue weighted by Crippen LogP contribution is -2.40. The molecule has 0 aliphatic carbocycles. The molecule has 2 N–H and O–H groups in total. The van der Waals surface area contributed by atoms with E-state index in [9.17, 15) is 18.3 Å². The molecule has 34 heavy (non-hydrogen) atoms. The topological polar surface area (TPSA) is 108 Å². The fraction of sp³-hybridized carbons (Fsp3) is 0.167. The molecule has 10 heteroatoms. The highest BCUT2D eigenvalue weighted by Crippen LogP contribution is 2.34. The van der Waals surface area contributed by atoms with Gasteiger partial charge in [0, 0.05) is 0 Å². The molecule has 3 rings (SSSR count). The van der Waals surface area contributed by atoms with Crippen LogP contribution in [0.1, 0.15) is 16.7 Å². The Morgan fingerprint density at radius 1 is 1.15 bits per heavy atom. The molecule has 0 aliphatic heterocycles. The minimum absolute atomic E-state index is 0.0566. The molecule has 0 atom stereocenters. The first-order valence-corrected chi connectivity index (χ1v) is 12.4. The van der Waals surface area contributed by atoms with Gasteiger partial charge >= 0.3 is 0 Å².